The lowest BCUT2D eigenvalue weighted by Crippen LogP contribution is -1.96. The van der Waals surface area contributed by atoms with Crippen LogP contribution in [0.1, 0.15) is 11.1 Å². The second-order valence-corrected chi connectivity index (χ2v) is 7.04. The van der Waals surface area contributed by atoms with Crippen LogP contribution in [0.4, 0.5) is 0 Å². The number of pyridine rings is 1. The van der Waals surface area contributed by atoms with E-state index in [0.29, 0.717) is 0 Å². The third-order valence-corrected chi connectivity index (χ3v) is 4.57. The molecule has 0 spiro atoms. The molecule has 0 unspecified atom stereocenters. The minimum atomic E-state index is 0.835. The molecule has 23 heavy (non-hydrogen) atoms. The highest BCUT2D eigenvalue weighted by atomic mass is 79.9. The monoisotopic (exact) mass is 425 g/mol. The lowest BCUT2D eigenvalue weighted by Gasteiger charge is -2.11. The number of hydrogen-bond donors (Lipinski definition) is 0. The van der Waals surface area contributed by atoms with Gasteiger partial charge in [0, 0.05) is 20.1 Å². The minimum absolute atomic E-state index is 0.835. The quantitative estimate of drug-likeness (QED) is 0.442. The molecule has 3 rings (SSSR count). The van der Waals surface area contributed by atoms with Gasteiger partial charge in [-0.15, -0.1) is 6.42 Å². The van der Waals surface area contributed by atoms with Gasteiger partial charge in [-0.05, 0) is 42.8 Å². The predicted octanol–water partition coefficient (Wildman–Crippen LogP) is 6.23. The van der Waals surface area contributed by atoms with Crippen LogP contribution in [-0.2, 0) is 0 Å². The van der Waals surface area contributed by atoms with Gasteiger partial charge in [-0.3, -0.25) is 0 Å². The Kier molecular flexibility index (Phi) is 4.66. The Bertz CT molecular complexity index is 923. The Labute approximate surface area is 153 Å². The summed E-state index contributed by atoms with van der Waals surface area (Å²) in [5.74, 6) is 2.78. The van der Waals surface area contributed by atoms with Gasteiger partial charge in [-0.25, -0.2) is 4.98 Å². The molecule has 0 aliphatic heterocycles. The summed E-state index contributed by atoms with van der Waals surface area (Å²) < 4.78 is 2.03. The van der Waals surface area contributed by atoms with Crippen molar-refractivity contribution in [1.82, 2.24) is 4.98 Å². The summed E-state index contributed by atoms with van der Waals surface area (Å²) in [7, 11) is 0. The molecule has 112 valence electrons. The number of nitrogens with zero attached hydrogens (tertiary/aromatic N) is 1. The van der Waals surface area contributed by atoms with Crippen LogP contribution in [0.25, 0.3) is 22.5 Å². The van der Waals surface area contributed by atoms with E-state index in [1.165, 1.54) is 0 Å². The number of hydrogen-bond acceptors (Lipinski definition) is 1. The maximum Gasteiger partial charge on any atom is 0.0868 e. The van der Waals surface area contributed by atoms with Crippen LogP contribution >= 0.6 is 31.9 Å². The van der Waals surface area contributed by atoms with E-state index < -0.39 is 0 Å². The number of aryl methyl sites for hydroxylation is 1. The average Bonchev–Trinajstić information content (AvgIpc) is 2.54. The van der Waals surface area contributed by atoms with Gasteiger partial charge in [0.25, 0.3) is 0 Å². The van der Waals surface area contributed by atoms with E-state index in [4.69, 9.17) is 11.4 Å². The van der Waals surface area contributed by atoms with Gasteiger partial charge in [0.15, 0.2) is 0 Å². The Hall–Kier alpha value is -1.89. The largest absolute Gasteiger partial charge is 0.246 e. The summed E-state index contributed by atoms with van der Waals surface area (Å²) in [6.45, 7) is 2.03. The maximum absolute atomic E-state index is 5.73. The summed E-state index contributed by atoms with van der Waals surface area (Å²) in [5.41, 5.74) is 5.70. The Morgan fingerprint density at radius 1 is 0.913 bits per heavy atom. The van der Waals surface area contributed by atoms with Crippen LogP contribution < -0.4 is 0 Å². The fraction of sp³-hybridized carbons (Fsp3) is 0.0500. The number of benzene rings is 2. The molecular weight excluding hydrogens is 414 g/mol. The highest BCUT2D eigenvalue weighted by Crippen LogP contribution is 2.30. The van der Waals surface area contributed by atoms with E-state index in [1.807, 2.05) is 55.5 Å². The standard InChI is InChI=1S/C20H13Br2N/c1-3-18-13(2)10-19(14-6-4-8-16(21)11-14)23-20(18)15-7-5-9-17(22)12-15/h1,4-12H,2H3. The van der Waals surface area contributed by atoms with Crippen molar-refractivity contribution < 1.29 is 0 Å². The van der Waals surface area contributed by atoms with Crippen molar-refractivity contribution in [3.8, 4) is 34.9 Å². The van der Waals surface area contributed by atoms with Gasteiger partial charge >= 0.3 is 0 Å². The fourth-order valence-electron chi connectivity index (χ4n) is 2.50. The van der Waals surface area contributed by atoms with E-state index in [-0.39, 0.29) is 0 Å². The second-order valence-electron chi connectivity index (χ2n) is 5.21. The Morgan fingerprint density at radius 3 is 2.13 bits per heavy atom. The number of halogens is 2. The molecule has 3 aromatic rings. The lowest BCUT2D eigenvalue weighted by atomic mass is 9.99. The van der Waals surface area contributed by atoms with Crippen molar-refractivity contribution in [2.24, 2.45) is 0 Å². The highest BCUT2D eigenvalue weighted by Gasteiger charge is 2.12. The Morgan fingerprint density at radius 2 is 1.52 bits per heavy atom. The first-order valence-corrected chi connectivity index (χ1v) is 8.67. The first kappa shape index (κ1) is 16.0. The first-order chi connectivity index (χ1) is 11.1. The van der Waals surface area contributed by atoms with Crippen molar-refractivity contribution in [2.45, 2.75) is 6.92 Å². The van der Waals surface area contributed by atoms with Crippen LogP contribution in [0.15, 0.2) is 63.5 Å². The summed E-state index contributed by atoms with van der Waals surface area (Å²) in [6, 6.07) is 18.2. The molecule has 1 nitrogen and oxygen atoms in total. The van der Waals surface area contributed by atoms with Crippen molar-refractivity contribution in [1.29, 1.82) is 0 Å². The fourth-order valence-corrected chi connectivity index (χ4v) is 3.29. The number of terminal acetylenes is 1. The topological polar surface area (TPSA) is 12.9 Å². The molecule has 0 saturated heterocycles. The molecular formula is C20H13Br2N. The summed E-state index contributed by atoms with van der Waals surface area (Å²) in [6.07, 6.45) is 5.73. The van der Waals surface area contributed by atoms with Gasteiger partial charge in [-0.1, -0.05) is 62.0 Å². The van der Waals surface area contributed by atoms with E-state index in [1.54, 1.807) is 0 Å². The summed E-state index contributed by atoms with van der Waals surface area (Å²) in [5, 5.41) is 0. The molecule has 0 saturated carbocycles. The molecule has 0 radical (unpaired) electrons. The molecule has 2 aromatic carbocycles. The van der Waals surface area contributed by atoms with Crippen LogP contribution in [0.3, 0.4) is 0 Å². The third-order valence-electron chi connectivity index (χ3n) is 3.58. The van der Waals surface area contributed by atoms with Crippen LogP contribution in [-0.4, -0.2) is 4.98 Å². The van der Waals surface area contributed by atoms with Gasteiger partial charge in [0.1, 0.15) is 0 Å². The molecule has 0 atom stereocenters. The molecule has 3 heteroatoms. The smallest absolute Gasteiger partial charge is 0.0868 e. The SMILES string of the molecule is C#Cc1c(C)cc(-c2cccc(Br)c2)nc1-c1cccc(Br)c1. The van der Waals surface area contributed by atoms with Gasteiger partial charge < -0.3 is 0 Å². The van der Waals surface area contributed by atoms with Crippen molar-refractivity contribution >= 4 is 31.9 Å². The van der Waals surface area contributed by atoms with E-state index in [9.17, 15) is 0 Å². The molecule has 0 aliphatic rings. The maximum atomic E-state index is 5.73. The van der Waals surface area contributed by atoms with Gasteiger partial charge in [0.05, 0.1) is 17.0 Å². The number of aromatic nitrogens is 1. The van der Waals surface area contributed by atoms with Crippen molar-refractivity contribution in [3.05, 3.63) is 74.7 Å². The molecule has 0 fully saturated rings. The van der Waals surface area contributed by atoms with Gasteiger partial charge in [0.2, 0.25) is 0 Å². The van der Waals surface area contributed by atoms with Crippen LogP contribution in [0, 0.1) is 19.3 Å². The Balaban J connectivity index is 2.25. The molecule has 1 heterocycles. The molecule has 0 amide bonds. The van der Waals surface area contributed by atoms with Gasteiger partial charge in [-0.2, -0.15) is 0 Å². The van der Waals surface area contributed by atoms with E-state index >= 15 is 0 Å². The third kappa shape index (κ3) is 3.39. The molecule has 0 N–H and O–H groups in total. The second kappa shape index (κ2) is 6.70. The minimum Gasteiger partial charge on any atom is -0.246 e. The normalized spacial score (nSPS) is 10.3. The zero-order valence-corrected chi connectivity index (χ0v) is 15.6. The lowest BCUT2D eigenvalue weighted by molar-refractivity contribution is 1.27. The zero-order valence-electron chi connectivity index (χ0n) is 12.5. The van der Waals surface area contributed by atoms with E-state index in [0.717, 1.165) is 42.6 Å². The molecule has 0 bridgehead atoms. The zero-order chi connectivity index (χ0) is 16.4. The van der Waals surface area contributed by atoms with Crippen LogP contribution in [0.2, 0.25) is 0 Å². The summed E-state index contributed by atoms with van der Waals surface area (Å²) in [4.78, 5) is 4.84. The molecule has 1 aromatic heterocycles. The highest BCUT2D eigenvalue weighted by molar-refractivity contribution is 9.10. The number of rotatable bonds is 2. The van der Waals surface area contributed by atoms with E-state index in [2.05, 4.69) is 43.8 Å². The van der Waals surface area contributed by atoms with Crippen molar-refractivity contribution in [3.63, 3.8) is 0 Å². The molecule has 0 aliphatic carbocycles. The first-order valence-electron chi connectivity index (χ1n) is 7.08. The predicted molar refractivity (Wildman–Crippen MR) is 103 cm³/mol. The average molecular weight is 427 g/mol. The summed E-state index contributed by atoms with van der Waals surface area (Å²) >= 11 is 7.02. The van der Waals surface area contributed by atoms with Crippen molar-refractivity contribution in [2.75, 3.05) is 0 Å². The van der Waals surface area contributed by atoms with Crippen LogP contribution in [0.5, 0.6) is 0 Å².